The summed E-state index contributed by atoms with van der Waals surface area (Å²) in [6.45, 7) is 9.63. The molecule has 0 aliphatic heterocycles. The van der Waals surface area contributed by atoms with Gasteiger partial charge in [0.2, 0.25) is 0 Å². The second-order valence-electron chi connectivity index (χ2n) is 4.45. The number of anilines is 1. The molecule has 3 heteroatoms. The normalized spacial score (nSPS) is 11.5. The van der Waals surface area contributed by atoms with Crippen LogP contribution < -0.4 is 5.32 Å². The molecule has 0 unspecified atom stereocenters. The molecule has 0 aliphatic rings. The van der Waals surface area contributed by atoms with Crippen LogP contribution in [0.5, 0.6) is 0 Å². The van der Waals surface area contributed by atoms with E-state index in [0.29, 0.717) is 6.61 Å². The van der Waals surface area contributed by atoms with E-state index in [1.807, 2.05) is 39.0 Å². The van der Waals surface area contributed by atoms with E-state index in [1.165, 1.54) is 0 Å². The minimum atomic E-state index is -0.115. The first-order valence-electron chi connectivity index (χ1n) is 5.35. The molecule has 1 aromatic heterocycles. The Hall–Kier alpha value is -1.09. The maximum atomic E-state index is 5.66. The highest BCUT2D eigenvalue weighted by Crippen LogP contribution is 2.12. The molecule has 84 valence electrons. The molecule has 0 atom stereocenters. The Morgan fingerprint density at radius 2 is 2.07 bits per heavy atom. The monoisotopic (exact) mass is 208 g/mol. The summed E-state index contributed by atoms with van der Waals surface area (Å²) in [4.78, 5) is 4.43. The van der Waals surface area contributed by atoms with Gasteiger partial charge in [-0.3, -0.25) is 0 Å². The molecule has 1 aromatic rings. The number of hydrogen-bond donors (Lipinski definition) is 1. The first-order valence-corrected chi connectivity index (χ1v) is 5.35. The second kappa shape index (κ2) is 5.12. The lowest BCUT2D eigenvalue weighted by Gasteiger charge is -2.19. The van der Waals surface area contributed by atoms with Crippen molar-refractivity contribution in [3.05, 3.63) is 23.9 Å². The van der Waals surface area contributed by atoms with Crippen LogP contribution >= 0.6 is 0 Å². The van der Waals surface area contributed by atoms with Gasteiger partial charge in [-0.05, 0) is 39.8 Å². The lowest BCUT2D eigenvalue weighted by atomic mass is 10.2. The van der Waals surface area contributed by atoms with Gasteiger partial charge >= 0.3 is 0 Å². The van der Waals surface area contributed by atoms with E-state index in [0.717, 1.165) is 18.1 Å². The Morgan fingerprint density at radius 1 is 1.33 bits per heavy atom. The summed E-state index contributed by atoms with van der Waals surface area (Å²) in [5.74, 6) is 0.910. The average molecular weight is 208 g/mol. The van der Waals surface area contributed by atoms with Crippen LogP contribution in [-0.2, 0) is 11.3 Å². The number of nitrogens with zero attached hydrogens (tertiary/aromatic N) is 1. The van der Waals surface area contributed by atoms with E-state index < -0.39 is 0 Å². The molecule has 0 fully saturated rings. The maximum absolute atomic E-state index is 5.66. The summed E-state index contributed by atoms with van der Waals surface area (Å²) in [6, 6.07) is 5.93. The third kappa shape index (κ3) is 4.79. The minimum Gasteiger partial charge on any atom is -0.370 e. The van der Waals surface area contributed by atoms with Crippen LogP contribution in [0.1, 0.15) is 33.4 Å². The van der Waals surface area contributed by atoms with Crippen molar-refractivity contribution in [3.63, 3.8) is 0 Å². The fourth-order valence-corrected chi connectivity index (χ4v) is 1.13. The Morgan fingerprint density at radius 3 is 2.67 bits per heavy atom. The molecule has 0 aliphatic carbocycles. The number of rotatable bonds is 4. The summed E-state index contributed by atoms with van der Waals surface area (Å²) in [5.41, 5.74) is 0.846. The van der Waals surface area contributed by atoms with E-state index >= 15 is 0 Å². The fraction of sp³-hybridized carbons (Fsp3) is 0.583. The summed E-state index contributed by atoms with van der Waals surface area (Å²) in [5, 5.41) is 3.18. The predicted molar refractivity (Wildman–Crippen MR) is 62.9 cm³/mol. The second-order valence-corrected chi connectivity index (χ2v) is 4.45. The molecule has 0 saturated heterocycles. The van der Waals surface area contributed by atoms with Gasteiger partial charge in [-0.1, -0.05) is 6.07 Å². The molecule has 1 heterocycles. The molecule has 1 N–H and O–H groups in total. The Balaban J connectivity index is 2.57. The van der Waals surface area contributed by atoms with Crippen molar-refractivity contribution in [2.45, 2.75) is 39.9 Å². The van der Waals surface area contributed by atoms with Crippen LogP contribution in [0.15, 0.2) is 18.2 Å². The van der Waals surface area contributed by atoms with Crippen LogP contribution in [0.4, 0.5) is 5.82 Å². The number of pyridine rings is 1. The van der Waals surface area contributed by atoms with Gasteiger partial charge in [-0.25, -0.2) is 4.98 Å². The maximum Gasteiger partial charge on any atom is 0.126 e. The summed E-state index contributed by atoms with van der Waals surface area (Å²) >= 11 is 0. The Bertz CT molecular complexity index is 305. The van der Waals surface area contributed by atoms with Crippen LogP contribution in [0, 0.1) is 0 Å². The topological polar surface area (TPSA) is 34.1 Å². The van der Waals surface area contributed by atoms with Gasteiger partial charge in [0.05, 0.1) is 17.9 Å². The SMILES string of the molecule is CCNc1cccc(COC(C)(C)C)n1. The first kappa shape index (κ1) is 12.0. The van der Waals surface area contributed by atoms with Crippen LogP contribution in [0.2, 0.25) is 0 Å². The summed E-state index contributed by atoms with van der Waals surface area (Å²) < 4.78 is 5.66. The Labute approximate surface area is 91.9 Å². The van der Waals surface area contributed by atoms with E-state index in [1.54, 1.807) is 0 Å². The molecule has 15 heavy (non-hydrogen) atoms. The number of ether oxygens (including phenoxy) is 1. The molecular weight excluding hydrogens is 188 g/mol. The molecule has 3 nitrogen and oxygen atoms in total. The highest BCUT2D eigenvalue weighted by Gasteiger charge is 2.10. The molecular formula is C12H20N2O. The zero-order chi connectivity index (χ0) is 11.3. The number of nitrogens with one attached hydrogen (secondary N) is 1. The third-order valence-electron chi connectivity index (χ3n) is 1.82. The molecule has 0 spiro atoms. The van der Waals surface area contributed by atoms with Gasteiger partial charge in [0.1, 0.15) is 5.82 Å². The quantitative estimate of drug-likeness (QED) is 0.826. The standard InChI is InChI=1S/C12H20N2O/c1-5-13-11-8-6-7-10(14-11)9-15-12(2,3)4/h6-8H,5,9H2,1-4H3,(H,13,14). The number of aromatic nitrogens is 1. The van der Waals surface area contributed by atoms with Gasteiger partial charge in [0, 0.05) is 6.54 Å². The van der Waals surface area contributed by atoms with Crippen molar-refractivity contribution in [2.75, 3.05) is 11.9 Å². The van der Waals surface area contributed by atoms with E-state index in [9.17, 15) is 0 Å². The minimum absolute atomic E-state index is 0.115. The van der Waals surface area contributed by atoms with E-state index in [4.69, 9.17) is 4.74 Å². The van der Waals surface area contributed by atoms with Gasteiger partial charge < -0.3 is 10.1 Å². The number of hydrogen-bond acceptors (Lipinski definition) is 3. The molecule has 0 aromatic carbocycles. The zero-order valence-electron chi connectivity index (χ0n) is 10.0. The smallest absolute Gasteiger partial charge is 0.126 e. The van der Waals surface area contributed by atoms with Gasteiger partial charge in [0.25, 0.3) is 0 Å². The van der Waals surface area contributed by atoms with Gasteiger partial charge in [-0.2, -0.15) is 0 Å². The van der Waals surface area contributed by atoms with Crippen molar-refractivity contribution < 1.29 is 4.74 Å². The lowest BCUT2D eigenvalue weighted by molar-refractivity contribution is -0.0164. The van der Waals surface area contributed by atoms with Crippen molar-refractivity contribution in [2.24, 2.45) is 0 Å². The highest BCUT2D eigenvalue weighted by atomic mass is 16.5. The van der Waals surface area contributed by atoms with Crippen LogP contribution in [-0.4, -0.2) is 17.1 Å². The fourth-order valence-electron chi connectivity index (χ4n) is 1.13. The predicted octanol–water partition coefficient (Wildman–Crippen LogP) is 2.83. The third-order valence-corrected chi connectivity index (χ3v) is 1.82. The zero-order valence-corrected chi connectivity index (χ0v) is 10.0. The lowest BCUT2D eigenvalue weighted by Crippen LogP contribution is -2.19. The van der Waals surface area contributed by atoms with Crippen molar-refractivity contribution in [1.29, 1.82) is 0 Å². The largest absolute Gasteiger partial charge is 0.370 e. The van der Waals surface area contributed by atoms with Crippen LogP contribution in [0.25, 0.3) is 0 Å². The van der Waals surface area contributed by atoms with Gasteiger partial charge in [0.15, 0.2) is 0 Å². The molecule has 1 rings (SSSR count). The van der Waals surface area contributed by atoms with E-state index in [-0.39, 0.29) is 5.60 Å². The summed E-state index contributed by atoms with van der Waals surface area (Å²) in [6.07, 6.45) is 0. The Kier molecular flexibility index (Phi) is 4.09. The van der Waals surface area contributed by atoms with Gasteiger partial charge in [-0.15, -0.1) is 0 Å². The van der Waals surface area contributed by atoms with Crippen molar-refractivity contribution >= 4 is 5.82 Å². The molecule has 0 saturated carbocycles. The molecule has 0 radical (unpaired) electrons. The van der Waals surface area contributed by atoms with Crippen molar-refractivity contribution in [3.8, 4) is 0 Å². The van der Waals surface area contributed by atoms with Crippen LogP contribution in [0.3, 0.4) is 0 Å². The average Bonchev–Trinajstić information content (AvgIpc) is 2.15. The highest BCUT2D eigenvalue weighted by molar-refractivity contribution is 5.34. The first-order chi connectivity index (χ1) is 7.01. The van der Waals surface area contributed by atoms with Crippen molar-refractivity contribution in [1.82, 2.24) is 4.98 Å². The molecule has 0 amide bonds. The van der Waals surface area contributed by atoms with E-state index in [2.05, 4.69) is 17.2 Å². The summed E-state index contributed by atoms with van der Waals surface area (Å²) in [7, 11) is 0. The molecule has 0 bridgehead atoms.